The molecule has 11 rings (SSSR count). The van der Waals surface area contributed by atoms with Crippen LogP contribution in [0.2, 0.25) is 0 Å². The lowest BCUT2D eigenvalue weighted by molar-refractivity contribution is 0.669. The predicted molar refractivity (Wildman–Crippen MR) is 237 cm³/mol. The third kappa shape index (κ3) is 5.76. The largest absolute Gasteiger partial charge is 0.456 e. The number of benzene rings is 9. The van der Waals surface area contributed by atoms with Gasteiger partial charge in [-0.15, -0.1) is 0 Å². The Hall–Kier alpha value is -7.62. The lowest BCUT2D eigenvalue weighted by Crippen LogP contribution is -2.10. The van der Waals surface area contributed by atoms with E-state index in [0.29, 0.717) is 0 Å². The molecule has 0 bridgehead atoms. The summed E-state index contributed by atoms with van der Waals surface area (Å²) in [6, 6.07) is 75.1. The topological polar surface area (TPSA) is 29.5 Å². The fourth-order valence-corrected chi connectivity index (χ4v) is 8.27. The van der Waals surface area contributed by atoms with Crippen molar-refractivity contribution in [2.24, 2.45) is 0 Å². The van der Waals surface area contributed by atoms with Gasteiger partial charge in [-0.3, -0.25) is 0 Å². The highest BCUT2D eigenvalue weighted by molar-refractivity contribution is 6.13. The Kier molecular flexibility index (Phi) is 7.82. The summed E-state index contributed by atoms with van der Waals surface area (Å²) in [6.07, 6.45) is 0. The molecule has 0 aliphatic rings. The number of nitrogens with zero attached hydrogens (tertiary/aromatic N) is 1. The van der Waals surface area contributed by atoms with E-state index < -0.39 is 0 Å². The second-order valence-electron chi connectivity index (χ2n) is 14.5. The Morgan fingerprint density at radius 3 is 1.47 bits per heavy atom. The van der Waals surface area contributed by atoms with Gasteiger partial charge in [0.05, 0.1) is 5.69 Å². The highest BCUT2D eigenvalue weighted by atomic mass is 16.3. The van der Waals surface area contributed by atoms with Gasteiger partial charge in [0, 0.05) is 38.5 Å². The minimum Gasteiger partial charge on any atom is -0.456 e. The van der Waals surface area contributed by atoms with Crippen LogP contribution >= 0.6 is 0 Å². The van der Waals surface area contributed by atoms with E-state index in [9.17, 15) is 0 Å². The van der Waals surface area contributed by atoms with Crippen molar-refractivity contribution in [2.75, 3.05) is 4.90 Å². The molecule has 3 nitrogen and oxygen atoms in total. The summed E-state index contributed by atoms with van der Waals surface area (Å²) in [4.78, 5) is 2.31. The van der Waals surface area contributed by atoms with Gasteiger partial charge in [0.25, 0.3) is 0 Å². The number of rotatable bonds is 7. The number of fused-ring (bicyclic) bond motifs is 6. The van der Waals surface area contributed by atoms with Crippen molar-refractivity contribution in [3.8, 4) is 44.5 Å². The van der Waals surface area contributed by atoms with Crippen LogP contribution in [0, 0.1) is 0 Å². The molecule has 3 heteroatoms. The lowest BCUT2D eigenvalue weighted by Gasteiger charge is -2.26. The van der Waals surface area contributed by atoms with E-state index >= 15 is 0 Å². The van der Waals surface area contributed by atoms with Crippen molar-refractivity contribution in [3.63, 3.8) is 0 Å². The van der Waals surface area contributed by atoms with E-state index in [1.165, 1.54) is 16.7 Å². The summed E-state index contributed by atoms with van der Waals surface area (Å²) in [5.41, 5.74) is 15.8. The maximum atomic E-state index is 6.95. The third-order valence-electron chi connectivity index (χ3n) is 11.1. The second kappa shape index (κ2) is 13.6. The average molecular weight is 730 g/mol. The highest BCUT2D eigenvalue weighted by Crippen LogP contribution is 2.45. The Balaban J connectivity index is 1.04. The highest BCUT2D eigenvalue weighted by Gasteiger charge is 2.21. The molecule has 2 aromatic heterocycles. The van der Waals surface area contributed by atoms with E-state index in [1.54, 1.807) is 0 Å². The molecule has 0 radical (unpaired) electrons. The molecule has 268 valence electrons. The molecule has 0 saturated heterocycles. The molecular weight excluding hydrogens is 695 g/mol. The average Bonchev–Trinajstić information content (AvgIpc) is 3.86. The minimum atomic E-state index is 0.844. The van der Waals surface area contributed by atoms with Crippen LogP contribution in [0.25, 0.3) is 88.4 Å². The first-order valence-electron chi connectivity index (χ1n) is 19.3. The van der Waals surface area contributed by atoms with Gasteiger partial charge in [-0.25, -0.2) is 0 Å². The van der Waals surface area contributed by atoms with Crippen molar-refractivity contribution in [3.05, 3.63) is 212 Å². The van der Waals surface area contributed by atoms with Gasteiger partial charge in [-0.2, -0.15) is 0 Å². The van der Waals surface area contributed by atoms with E-state index in [1.807, 2.05) is 18.2 Å². The molecule has 0 unspecified atom stereocenters. The van der Waals surface area contributed by atoms with Crippen molar-refractivity contribution in [1.29, 1.82) is 0 Å². The van der Waals surface area contributed by atoms with Crippen molar-refractivity contribution < 1.29 is 8.83 Å². The normalized spacial score (nSPS) is 11.5. The van der Waals surface area contributed by atoms with Crippen LogP contribution in [0.3, 0.4) is 0 Å². The van der Waals surface area contributed by atoms with Gasteiger partial charge in [-0.1, -0.05) is 158 Å². The molecule has 11 aromatic rings. The lowest BCUT2D eigenvalue weighted by atomic mass is 9.98. The second-order valence-corrected chi connectivity index (χ2v) is 14.5. The van der Waals surface area contributed by atoms with Crippen LogP contribution < -0.4 is 4.90 Å². The van der Waals surface area contributed by atoms with Crippen LogP contribution in [-0.4, -0.2) is 0 Å². The molecule has 0 saturated carbocycles. The summed E-state index contributed by atoms with van der Waals surface area (Å²) in [7, 11) is 0. The van der Waals surface area contributed by atoms with Crippen molar-refractivity contribution >= 4 is 60.9 Å². The molecule has 0 spiro atoms. The van der Waals surface area contributed by atoms with Crippen LogP contribution in [0.15, 0.2) is 221 Å². The van der Waals surface area contributed by atoms with E-state index in [-0.39, 0.29) is 0 Å². The zero-order valence-electron chi connectivity index (χ0n) is 31.0. The molecule has 0 amide bonds. The summed E-state index contributed by atoms with van der Waals surface area (Å²) in [5, 5.41) is 4.42. The van der Waals surface area contributed by atoms with Gasteiger partial charge < -0.3 is 13.7 Å². The van der Waals surface area contributed by atoms with Crippen LogP contribution in [0.1, 0.15) is 0 Å². The first kappa shape index (κ1) is 32.8. The summed E-state index contributed by atoms with van der Waals surface area (Å²) in [6.45, 7) is 0. The number of hydrogen-bond donors (Lipinski definition) is 0. The van der Waals surface area contributed by atoms with Crippen molar-refractivity contribution in [1.82, 2.24) is 0 Å². The Labute approximate surface area is 330 Å². The number of furan rings is 2. The Morgan fingerprint density at radius 1 is 0.281 bits per heavy atom. The van der Waals surface area contributed by atoms with E-state index in [0.717, 1.165) is 88.8 Å². The Bertz CT molecular complexity index is 3210. The smallest absolute Gasteiger partial charge is 0.159 e. The number of anilines is 3. The van der Waals surface area contributed by atoms with Crippen molar-refractivity contribution in [2.45, 2.75) is 0 Å². The molecule has 9 aromatic carbocycles. The van der Waals surface area contributed by atoms with Gasteiger partial charge in [0.1, 0.15) is 16.7 Å². The van der Waals surface area contributed by atoms with Crippen LogP contribution in [0.5, 0.6) is 0 Å². The van der Waals surface area contributed by atoms with Gasteiger partial charge in [0.15, 0.2) is 5.58 Å². The Morgan fingerprint density at radius 2 is 0.772 bits per heavy atom. The first-order valence-corrected chi connectivity index (χ1v) is 19.3. The summed E-state index contributed by atoms with van der Waals surface area (Å²) >= 11 is 0. The zero-order valence-corrected chi connectivity index (χ0v) is 31.0. The fraction of sp³-hybridized carbons (Fsp3) is 0. The van der Waals surface area contributed by atoms with Crippen LogP contribution in [-0.2, 0) is 0 Å². The van der Waals surface area contributed by atoms with Gasteiger partial charge in [0.2, 0.25) is 0 Å². The van der Waals surface area contributed by atoms with Crippen LogP contribution in [0.4, 0.5) is 17.1 Å². The first-order chi connectivity index (χ1) is 28.2. The summed E-state index contributed by atoms with van der Waals surface area (Å²) in [5.74, 6) is 0. The molecule has 0 aliphatic heterocycles. The molecule has 0 fully saturated rings. The molecule has 0 N–H and O–H groups in total. The van der Waals surface area contributed by atoms with E-state index in [4.69, 9.17) is 8.83 Å². The molecule has 0 aliphatic carbocycles. The standard InChI is InChI=1S/C54H35NO2/c1-3-12-36(13-4-1)40-16-9-17-41(34-40)37-24-29-43(30-25-37)55(44-31-26-38(27-32-44)42-28-33-52-49(35-42)46-18-7-8-23-51(46)56-52)50-22-11-21-48-47-20-10-19-45(53(47)57-54(48)50)39-14-5-2-6-15-39/h1-35H. The maximum absolute atomic E-state index is 6.95. The SMILES string of the molecule is c1ccc(-c2cccc(-c3ccc(N(c4ccc(-c5ccc6oc7ccccc7c6c5)cc4)c4cccc5c4oc4c(-c6ccccc6)cccc45)cc3)c2)cc1. The molecule has 2 heterocycles. The third-order valence-corrected chi connectivity index (χ3v) is 11.1. The quantitative estimate of drug-likeness (QED) is 0.164. The maximum Gasteiger partial charge on any atom is 0.159 e. The number of para-hydroxylation sites is 3. The van der Waals surface area contributed by atoms with Gasteiger partial charge >= 0.3 is 0 Å². The fourth-order valence-electron chi connectivity index (χ4n) is 8.27. The molecule has 0 atom stereocenters. The summed E-state index contributed by atoms with van der Waals surface area (Å²) < 4.78 is 13.1. The molecular formula is C54H35NO2. The van der Waals surface area contributed by atoms with Gasteiger partial charge in [-0.05, 0) is 93.5 Å². The monoisotopic (exact) mass is 729 g/mol. The zero-order chi connectivity index (χ0) is 37.7. The minimum absolute atomic E-state index is 0.844. The predicted octanol–water partition coefficient (Wildman–Crippen LogP) is 15.6. The van der Waals surface area contributed by atoms with E-state index in [2.05, 4.69) is 199 Å². The number of hydrogen-bond acceptors (Lipinski definition) is 3. The molecule has 57 heavy (non-hydrogen) atoms.